The van der Waals surface area contributed by atoms with Crippen molar-refractivity contribution in [3.63, 3.8) is 0 Å². The Bertz CT molecular complexity index is 658. The number of amides is 4. The largest absolute Gasteiger partial charge is 0.338 e. The SMILES string of the molecule is CN(C(=O)NCCCCCCNC(=O)N(C)c1ccccc1)c1ccccc1. The predicted molar refractivity (Wildman–Crippen MR) is 115 cm³/mol. The number of nitrogens with one attached hydrogen (secondary N) is 2. The number of urea groups is 2. The molecule has 0 bridgehead atoms. The van der Waals surface area contributed by atoms with E-state index in [2.05, 4.69) is 10.6 Å². The van der Waals surface area contributed by atoms with Gasteiger partial charge in [0.2, 0.25) is 0 Å². The minimum atomic E-state index is -0.0950. The summed E-state index contributed by atoms with van der Waals surface area (Å²) in [6.45, 7) is 1.30. The van der Waals surface area contributed by atoms with Crippen molar-refractivity contribution in [1.82, 2.24) is 10.6 Å². The van der Waals surface area contributed by atoms with E-state index in [0.29, 0.717) is 13.1 Å². The molecule has 0 radical (unpaired) electrons. The molecule has 0 saturated carbocycles. The maximum Gasteiger partial charge on any atom is 0.321 e. The van der Waals surface area contributed by atoms with Crippen LogP contribution in [0.4, 0.5) is 21.0 Å². The van der Waals surface area contributed by atoms with Crippen molar-refractivity contribution < 1.29 is 9.59 Å². The summed E-state index contributed by atoms with van der Waals surface area (Å²) in [6.07, 6.45) is 3.87. The first-order valence-electron chi connectivity index (χ1n) is 9.73. The molecule has 0 atom stereocenters. The lowest BCUT2D eigenvalue weighted by atomic mass is 10.2. The van der Waals surface area contributed by atoms with Crippen LogP contribution in [-0.4, -0.2) is 39.2 Å². The number of hydrogen-bond acceptors (Lipinski definition) is 2. The molecule has 0 unspecified atom stereocenters. The number of anilines is 2. The van der Waals surface area contributed by atoms with Crippen LogP contribution in [0, 0.1) is 0 Å². The number of carbonyl (C=O) groups is 2. The molecule has 2 aromatic carbocycles. The molecule has 0 spiro atoms. The summed E-state index contributed by atoms with van der Waals surface area (Å²) >= 11 is 0. The number of unbranched alkanes of at least 4 members (excludes halogenated alkanes) is 3. The first-order valence-corrected chi connectivity index (χ1v) is 9.73. The third-order valence-corrected chi connectivity index (χ3v) is 4.55. The van der Waals surface area contributed by atoms with Gasteiger partial charge < -0.3 is 10.6 Å². The molecule has 6 nitrogen and oxygen atoms in total. The minimum Gasteiger partial charge on any atom is -0.338 e. The van der Waals surface area contributed by atoms with Gasteiger partial charge in [-0.05, 0) is 37.1 Å². The van der Waals surface area contributed by atoms with Crippen molar-refractivity contribution in [2.24, 2.45) is 0 Å². The molecule has 2 rings (SSSR count). The van der Waals surface area contributed by atoms with Crippen molar-refractivity contribution in [3.8, 4) is 0 Å². The van der Waals surface area contributed by atoms with Gasteiger partial charge in [0.15, 0.2) is 0 Å². The quantitative estimate of drug-likeness (QED) is 0.637. The summed E-state index contributed by atoms with van der Waals surface area (Å²) in [4.78, 5) is 27.4. The van der Waals surface area contributed by atoms with Gasteiger partial charge in [-0.15, -0.1) is 0 Å². The zero-order chi connectivity index (χ0) is 20.2. The third-order valence-electron chi connectivity index (χ3n) is 4.55. The highest BCUT2D eigenvalue weighted by molar-refractivity contribution is 5.91. The second-order valence-corrected chi connectivity index (χ2v) is 6.67. The van der Waals surface area contributed by atoms with E-state index in [1.54, 1.807) is 23.9 Å². The van der Waals surface area contributed by atoms with Gasteiger partial charge in [-0.1, -0.05) is 49.2 Å². The molecule has 0 fully saturated rings. The van der Waals surface area contributed by atoms with E-state index in [9.17, 15) is 9.59 Å². The highest BCUT2D eigenvalue weighted by Gasteiger charge is 2.10. The molecule has 0 heterocycles. The topological polar surface area (TPSA) is 64.7 Å². The minimum absolute atomic E-state index is 0.0950. The molecule has 0 aliphatic rings. The Morgan fingerprint density at radius 2 is 1.00 bits per heavy atom. The molecule has 0 aliphatic heterocycles. The van der Waals surface area contributed by atoms with Gasteiger partial charge >= 0.3 is 12.1 Å². The molecule has 28 heavy (non-hydrogen) atoms. The lowest BCUT2D eigenvalue weighted by Gasteiger charge is -2.18. The zero-order valence-corrected chi connectivity index (χ0v) is 16.7. The molecule has 6 heteroatoms. The summed E-state index contributed by atoms with van der Waals surface area (Å²) in [6, 6.07) is 18.9. The van der Waals surface area contributed by atoms with Gasteiger partial charge in [0, 0.05) is 38.6 Å². The third kappa shape index (κ3) is 6.95. The maximum atomic E-state index is 12.1. The number of para-hydroxylation sites is 2. The fourth-order valence-corrected chi connectivity index (χ4v) is 2.77. The van der Waals surface area contributed by atoms with E-state index >= 15 is 0 Å². The number of nitrogens with zero attached hydrogens (tertiary/aromatic N) is 2. The summed E-state index contributed by atoms with van der Waals surface area (Å²) in [5.74, 6) is 0. The average molecular weight is 383 g/mol. The fourth-order valence-electron chi connectivity index (χ4n) is 2.77. The standard InChI is InChI=1S/C22H30N4O2/c1-25(19-13-7-5-8-14-19)21(27)23-17-11-3-4-12-18-24-22(28)26(2)20-15-9-6-10-16-20/h5-10,13-16H,3-4,11-12,17-18H2,1-2H3,(H,23,27)(H,24,28). The summed E-state index contributed by atoms with van der Waals surface area (Å²) < 4.78 is 0. The fraction of sp³-hybridized carbons (Fsp3) is 0.364. The van der Waals surface area contributed by atoms with Gasteiger partial charge in [0.05, 0.1) is 0 Å². The average Bonchev–Trinajstić information content (AvgIpc) is 2.75. The van der Waals surface area contributed by atoms with E-state index in [0.717, 1.165) is 37.1 Å². The van der Waals surface area contributed by atoms with Crippen LogP contribution in [0.1, 0.15) is 25.7 Å². The van der Waals surface area contributed by atoms with Crippen molar-refractivity contribution >= 4 is 23.4 Å². The van der Waals surface area contributed by atoms with Crippen molar-refractivity contribution in [2.75, 3.05) is 37.0 Å². The van der Waals surface area contributed by atoms with Gasteiger partial charge in [-0.3, -0.25) is 9.80 Å². The Morgan fingerprint density at radius 1 is 0.643 bits per heavy atom. The molecule has 0 saturated heterocycles. The number of carbonyl (C=O) groups excluding carboxylic acids is 2. The number of rotatable bonds is 9. The molecule has 150 valence electrons. The van der Waals surface area contributed by atoms with E-state index in [1.165, 1.54) is 0 Å². The normalized spacial score (nSPS) is 10.2. The number of benzene rings is 2. The Balaban J connectivity index is 1.51. The lowest BCUT2D eigenvalue weighted by Crippen LogP contribution is -2.38. The second kappa shape index (κ2) is 11.6. The summed E-state index contributed by atoms with van der Waals surface area (Å²) in [5.41, 5.74) is 1.74. The Labute approximate surface area is 167 Å². The van der Waals surface area contributed by atoms with Crippen LogP contribution in [-0.2, 0) is 0 Å². The Hall–Kier alpha value is -3.02. The smallest absolute Gasteiger partial charge is 0.321 e. The van der Waals surface area contributed by atoms with Crippen molar-refractivity contribution in [1.29, 1.82) is 0 Å². The molecule has 2 aromatic rings. The van der Waals surface area contributed by atoms with Crippen LogP contribution in [0.3, 0.4) is 0 Å². The second-order valence-electron chi connectivity index (χ2n) is 6.67. The van der Waals surface area contributed by atoms with Gasteiger partial charge in [-0.2, -0.15) is 0 Å². The molecular weight excluding hydrogens is 352 g/mol. The lowest BCUT2D eigenvalue weighted by molar-refractivity contribution is 0.246. The highest BCUT2D eigenvalue weighted by Crippen LogP contribution is 2.11. The zero-order valence-electron chi connectivity index (χ0n) is 16.7. The molecule has 0 aliphatic carbocycles. The molecular formula is C22H30N4O2. The van der Waals surface area contributed by atoms with Crippen LogP contribution < -0.4 is 20.4 Å². The molecule has 4 amide bonds. The summed E-state index contributed by atoms with van der Waals surface area (Å²) in [7, 11) is 3.53. The van der Waals surface area contributed by atoms with E-state index < -0.39 is 0 Å². The first kappa shape index (κ1) is 21.3. The monoisotopic (exact) mass is 382 g/mol. The highest BCUT2D eigenvalue weighted by atomic mass is 16.2. The van der Waals surface area contributed by atoms with Crippen LogP contribution in [0.2, 0.25) is 0 Å². The maximum absolute atomic E-state index is 12.1. The first-order chi connectivity index (χ1) is 13.6. The van der Waals surface area contributed by atoms with Crippen molar-refractivity contribution in [2.45, 2.75) is 25.7 Å². The van der Waals surface area contributed by atoms with Gasteiger partial charge in [-0.25, -0.2) is 9.59 Å². The molecule has 2 N–H and O–H groups in total. The Morgan fingerprint density at radius 3 is 1.36 bits per heavy atom. The van der Waals surface area contributed by atoms with Crippen molar-refractivity contribution in [3.05, 3.63) is 60.7 Å². The number of hydrogen-bond donors (Lipinski definition) is 2. The van der Waals surface area contributed by atoms with Crippen LogP contribution in [0.25, 0.3) is 0 Å². The summed E-state index contributed by atoms with van der Waals surface area (Å²) in [5, 5.41) is 5.87. The van der Waals surface area contributed by atoms with E-state index in [4.69, 9.17) is 0 Å². The predicted octanol–water partition coefficient (Wildman–Crippen LogP) is 4.24. The molecule has 0 aromatic heterocycles. The van der Waals surface area contributed by atoms with Gasteiger partial charge in [0.25, 0.3) is 0 Å². The van der Waals surface area contributed by atoms with Crippen LogP contribution in [0.5, 0.6) is 0 Å². The van der Waals surface area contributed by atoms with Crippen LogP contribution in [0.15, 0.2) is 60.7 Å². The van der Waals surface area contributed by atoms with E-state index in [1.807, 2.05) is 60.7 Å². The van der Waals surface area contributed by atoms with E-state index in [-0.39, 0.29) is 12.1 Å². The Kier molecular flexibility index (Phi) is 8.85. The van der Waals surface area contributed by atoms with Gasteiger partial charge in [0.1, 0.15) is 0 Å². The van der Waals surface area contributed by atoms with Crippen LogP contribution >= 0.6 is 0 Å².